The maximum absolute atomic E-state index is 2.30. The predicted molar refractivity (Wildman–Crippen MR) is 98.7 cm³/mol. The first kappa shape index (κ1) is 20.4. The van der Waals surface area contributed by atoms with Gasteiger partial charge in [-0.2, -0.15) is 0 Å². The zero-order valence-electron chi connectivity index (χ0n) is 14.5. The van der Waals surface area contributed by atoms with Crippen molar-refractivity contribution in [3.05, 3.63) is 0 Å². The van der Waals surface area contributed by atoms with Gasteiger partial charge in [0.25, 0.3) is 0 Å². The number of unbranched alkanes of at least 4 members (excludes halogenated alkanes) is 13. The maximum atomic E-state index is 2.30. The zero-order chi connectivity index (χ0) is 14.7. The number of rotatable bonds is 17. The van der Waals surface area contributed by atoms with E-state index in [1.807, 2.05) is 0 Å². The molecule has 0 nitrogen and oxygen atoms in total. The van der Waals surface area contributed by atoms with Gasteiger partial charge in [0.15, 0.2) is 0 Å². The highest BCUT2D eigenvalue weighted by Gasteiger charge is 1.94. The summed E-state index contributed by atoms with van der Waals surface area (Å²) in [7, 11) is 1.26. The molecule has 0 radical (unpaired) electrons. The lowest BCUT2D eigenvalue weighted by molar-refractivity contribution is 0.555. The Labute approximate surface area is 131 Å². The van der Waals surface area contributed by atoms with E-state index in [1.54, 1.807) is 0 Å². The second-order valence-corrected chi connectivity index (χ2v) is 7.85. The summed E-state index contributed by atoms with van der Waals surface area (Å²) in [5.41, 5.74) is 0. The van der Waals surface area contributed by atoms with Gasteiger partial charge in [-0.1, -0.05) is 97.3 Å². The highest BCUT2D eigenvalue weighted by atomic mass is 31.1. The summed E-state index contributed by atoms with van der Waals surface area (Å²) >= 11 is 0. The topological polar surface area (TPSA) is 0 Å². The van der Waals surface area contributed by atoms with E-state index in [0.29, 0.717) is 0 Å². The van der Waals surface area contributed by atoms with E-state index in [4.69, 9.17) is 0 Å². The van der Waals surface area contributed by atoms with E-state index in [0.717, 1.165) is 0 Å². The van der Waals surface area contributed by atoms with Crippen molar-refractivity contribution in [3.63, 3.8) is 0 Å². The molecule has 0 aliphatic rings. The molecule has 1 unspecified atom stereocenters. The summed E-state index contributed by atoms with van der Waals surface area (Å²) < 4.78 is 0. The summed E-state index contributed by atoms with van der Waals surface area (Å²) in [6.07, 6.45) is 25.0. The van der Waals surface area contributed by atoms with Gasteiger partial charge in [0, 0.05) is 0 Å². The number of hydrogen-bond acceptors (Lipinski definition) is 0. The molecule has 0 aliphatic carbocycles. The van der Waals surface area contributed by atoms with Gasteiger partial charge < -0.3 is 0 Å². The standard InChI is InChI=1S/C19H41P/c1-3-5-7-9-10-11-12-13-14-15-17-19-20-18-16-8-6-4-2/h20H,3-19H2,1-2H3. The van der Waals surface area contributed by atoms with Crippen LogP contribution in [0.2, 0.25) is 0 Å². The minimum atomic E-state index is 1.26. The van der Waals surface area contributed by atoms with E-state index in [2.05, 4.69) is 13.8 Å². The Morgan fingerprint density at radius 2 is 0.700 bits per heavy atom. The molecule has 0 aromatic heterocycles. The molecule has 122 valence electrons. The maximum Gasteiger partial charge on any atom is -0.0353 e. The van der Waals surface area contributed by atoms with Crippen molar-refractivity contribution in [3.8, 4) is 0 Å². The lowest BCUT2D eigenvalue weighted by Crippen LogP contribution is -1.85. The average molecular weight is 301 g/mol. The Morgan fingerprint density at radius 3 is 1.10 bits per heavy atom. The quantitative estimate of drug-likeness (QED) is 0.192. The first-order valence-electron chi connectivity index (χ1n) is 9.62. The number of hydrogen-bond donors (Lipinski definition) is 0. The van der Waals surface area contributed by atoms with Gasteiger partial charge in [-0.3, -0.25) is 0 Å². The van der Waals surface area contributed by atoms with Crippen LogP contribution in [0.4, 0.5) is 0 Å². The van der Waals surface area contributed by atoms with Gasteiger partial charge in [-0.05, 0) is 25.2 Å². The van der Waals surface area contributed by atoms with Crippen LogP contribution in [0.15, 0.2) is 0 Å². The van der Waals surface area contributed by atoms with Crippen molar-refractivity contribution in [1.82, 2.24) is 0 Å². The molecule has 0 spiro atoms. The minimum absolute atomic E-state index is 1.26. The Morgan fingerprint density at radius 1 is 0.400 bits per heavy atom. The SMILES string of the molecule is CCCCCCCCCCCCCPCCCCCC. The molecular weight excluding hydrogens is 259 g/mol. The third-order valence-corrected chi connectivity index (χ3v) is 5.58. The van der Waals surface area contributed by atoms with Gasteiger partial charge in [-0.15, -0.1) is 8.58 Å². The van der Waals surface area contributed by atoms with Crippen molar-refractivity contribution in [1.29, 1.82) is 0 Å². The molecule has 0 N–H and O–H groups in total. The second kappa shape index (κ2) is 19.4. The predicted octanol–water partition coefficient (Wildman–Crippen LogP) is 7.56. The van der Waals surface area contributed by atoms with Crippen LogP contribution in [0, 0.1) is 0 Å². The van der Waals surface area contributed by atoms with Crippen molar-refractivity contribution < 1.29 is 0 Å². The van der Waals surface area contributed by atoms with E-state index >= 15 is 0 Å². The molecule has 0 aromatic rings. The molecular formula is C19H41P. The molecule has 0 aromatic carbocycles. The normalized spacial score (nSPS) is 11.7. The van der Waals surface area contributed by atoms with Gasteiger partial charge in [0.1, 0.15) is 0 Å². The fourth-order valence-electron chi connectivity index (χ4n) is 2.72. The molecule has 0 heterocycles. The van der Waals surface area contributed by atoms with Gasteiger partial charge in [0.2, 0.25) is 0 Å². The Hall–Kier alpha value is 0.430. The van der Waals surface area contributed by atoms with E-state index < -0.39 is 0 Å². The zero-order valence-corrected chi connectivity index (χ0v) is 15.5. The van der Waals surface area contributed by atoms with Gasteiger partial charge in [0.05, 0.1) is 0 Å². The molecule has 0 amide bonds. The van der Waals surface area contributed by atoms with Crippen LogP contribution < -0.4 is 0 Å². The van der Waals surface area contributed by atoms with Crippen LogP contribution in [0.1, 0.15) is 110 Å². The summed E-state index contributed by atoms with van der Waals surface area (Å²) in [5.74, 6) is 0. The lowest BCUT2D eigenvalue weighted by atomic mass is 10.1. The molecule has 0 rings (SSSR count). The van der Waals surface area contributed by atoms with Gasteiger partial charge in [-0.25, -0.2) is 0 Å². The van der Waals surface area contributed by atoms with Crippen LogP contribution >= 0.6 is 8.58 Å². The van der Waals surface area contributed by atoms with Crippen LogP contribution in [-0.2, 0) is 0 Å². The Kier molecular flexibility index (Phi) is 19.8. The third-order valence-electron chi connectivity index (χ3n) is 4.16. The molecule has 0 saturated heterocycles. The molecule has 0 aliphatic heterocycles. The highest BCUT2D eigenvalue weighted by molar-refractivity contribution is 7.37. The van der Waals surface area contributed by atoms with Crippen molar-refractivity contribution in [2.75, 3.05) is 12.3 Å². The summed E-state index contributed by atoms with van der Waals surface area (Å²) in [6.45, 7) is 4.60. The second-order valence-electron chi connectivity index (χ2n) is 6.35. The Bertz CT molecular complexity index is 138. The summed E-state index contributed by atoms with van der Waals surface area (Å²) in [6, 6.07) is 0. The molecule has 1 heteroatoms. The first-order chi connectivity index (χ1) is 9.91. The fraction of sp³-hybridized carbons (Fsp3) is 1.00. The highest BCUT2D eigenvalue weighted by Crippen LogP contribution is 2.18. The van der Waals surface area contributed by atoms with Crippen LogP contribution in [0.3, 0.4) is 0 Å². The smallest absolute Gasteiger partial charge is 0.0353 e. The van der Waals surface area contributed by atoms with Crippen molar-refractivity contribution in [2.45, 2.75) is 110 Å². The monoisotopic (exact) mass is 300 g/mol. The fourth-order valence-corrected chi connectivity index (χ4v) is 3.97. The van der Waals surface area contributed by atoms with E-state index in [9.17, 15) is 0 Å². The molecule has 0 fully saturated rings. The summed E-state index contributed by atoms with van der Waals surface area (Å²) in [5, 5.41) is 0. The van der Waals surface area contributed by atoms with Crippen molar-refractivity contribution in [2.24, 2.45) is 0 Å². The van der Waals surface area contributed by atoms with Gasteiger partial charge >= 0.3 is 0 Å². The Balaban J connectivity index is 2.89. The van der Waals surface area contributed by atoms with Crippen LogP contribution in [-0.4, -0.2) is 12.3 Å². The van der Waals surface area contributed by atoms with Crippen LogP contribution in [0.5, 0.6) is 0 Å². The molecule has 0 bridgehead atoms. The summed E-state index contributed by atoms with van der Waals surface area (Å²) in [4.78, 5) is 0. The lowest BCUT2D eigenvalue weighted by Gasteiger charge is -2.03. The molecule has 1 atom stereocenters. The average Bonchev–Trinajstić information content (AvgIpc) is 2.47. The van der Waals surface area contributed by atoms with E-state index in [-0.39, 0.29) is 0 Å². The van der Waals surface area contributed by atoms with Crippen molar-refractivity contribution >= 4 is 8.58 Å². The minimum Gasteiger partial charge on any atom is -0.122 e. The van der Waals surface area contributed by atoms with Crippen LogP contribution in [0.25, 0.3) is 0 Å². The molecule has 20 heavy (non-hydrogen) atoms. The first-order valence-corrected chi connectivity index (χ1v) is 11.0. The van der Waals surface area contributed by atoms with E-state index in [1.165, 1.54) is 117 Å². The largest absolute Gasteiger partial charge is 0.122 e. The molecule has 0 saturated carbocycles. The third kappa shape index (κ3) is 18.4.